The third-order valence-electron chi connectivity index (χ3n) is 4.61. The lowest BCUT2D eigenvalue weighted by atomic mass is 10.1. The van der Waals surface area contributed by atoms with Crippen molar-refractivity contribution in [2.24, 2.45) is 0 Å². The Labute approximate surface area is 179 Å². The molecule has 0 radical (unpaired) electrons. The van der Waals surface area contributed by atoms with E-state index in [1.165, 1.54) is 45.5 Å². The lowest BCUT2D eigenvalue weighted by molar-refractivity contribution is -0.274. The number of nitrogens with zero attached hydrogens (tertiary/aromatic N) is 3. The molecule has 4 aromatic rings. The van der Waals surface area contributed by atoms with Gasteiger partial charge in [-0.05, 0) is 47.5 Å². The topological polar surface area (TPSA) is 57.8 Å². The van der Waals surface area contributed by atoms with E-state index in [0.29, 0.717) is 23.2 Å². The van der Waals surface area contributed by atoms with E-state index in [2.05, 4.69) is 9.84 Å². The minimum atomic E-state index is -4.76. The summed E-state index contributed by atoms with van der Waals surface area (Å²) in [5.41, 5.74) is 1.29. The van der Waals surface area contributed by atoms with Crippen molar-refractivity contribution in [1.82, 2.24) is 14.2 Å². The van der Waals surface area contributed by atoms with Crippen molar-refractivity contribution < 1.29 is 27.0 Å². The predicted octanol–water partition coefficient (Wildman–Crippen LogP) is 4.67. The highest BCUT2D eigenvalue weighted by molar-refractivity contribution is 5.65. The van der Waals surface area contributed by atoms with Crippen LogP contribution in [0.15, 0.2) is 71.7 Å². The van der Waals surface area contributed by atoms with Crippen molar-refractivity contribution in [1.29, 1.82) is 0 Å². The maximum absolute atomic E-state index is 13.6. The minimum absolute atomic E-state index is 0.145. The normalized spacial score (nSPS) is 11.6. The highest BCUT2D eigenvalue weighted by atomic mass is 19.4. The van der Waals surface area contributed by atoms with Crippen LogP contribution in [0.4, 0.5) is 17.6 Å². The fourth-order valence-electron chi connectivity index (χ4n) is 3.14. The molecule has 0 amide bonds. The number of aryl methyl sites for hydroxylation is 1. The molecule has 0 saturated carbocycles. The summed E-state index contributed by atoms with van der Waals surface area (Å²) in [6.45, 7) is 0.479. The standard InChI is InChI=1S/C22H17F4N3O3/c23-18-4-1-2-5-19(18)31-13-3-12-29-21(30)28-14-16(8-11-20(28)27-29)15-6-9-17(10-7-15)32-22(24,25)26/h1-2,4-11,14H,3,12-13H2. The first-order valence-corrected chi connectivity index (χ1v) is 9.63. The first-order chi connectivity index (χ1) is 15.3. The molecule has 6 nitrogen and oxygen atoms in total. The first kappa shape index (κ1) is 21.4. The summed E-state index contributed by atoms with van der Waals surface area (Å²) in [6.07, 6.45) is -2.76. The number of benzene rings is 2. The van der Waals surface area contributed by atoms with Gasteiger partial charge in [0, 0.05) is 19.2 Å². The average Bonchev–Trinajstić information content (AvgIpc) is 3.07. The smallest absolute Gasteiger partial charge is 0.490 e. The Bertz CT molecular complexity index is 1280. The maximum Gasteiger partial charge on any atom is 0.573 e. The molecule has 0 aliphatic heterocycles. The zero-order valence-electron chi connectivity index (χ0n) is 16.6. The number of fused-ring (bicyclic) bond motifs is 1. The van der Waals surface area contributed by atoms with Crippen molar-refractivity contribution in [3.8, 4) is 22.6 Å². The number of hydrogen-bond donors (Lipinski definition) is 0. The molecule has 0 bridgehead atoms. The van der Waals surface area contributed by atoms with Crippen LogP contribution in [0, 0.1) is 5.82 Å². The summed E-state index contributed by atoms with van der Waals surface area (Å²) in [5.74, 6) is -0.640. The molecule has 2 aromatic carbocycles. The van der Waals surface area contributed by atoms with Crippen molar-refractivity contribution in [3.63, 3.8) is 0 Å². The fraction of sp³-hybridized carbons (Fsp3) is 0.182. The van der Waals surface area contributed by atoms with E-state index >= 15 is 0 Å². The molecular weight excluding hydrogens is 430 g/mol. The minimum Gasteiger partial charge on any atom is -0.490 e. The fourth-order valence-corrected chi connectivity index (χ4v) is 3.14. The molecule has 0 spiro atoms. The van der Waals surface area contributed by atoms with E-state index in [0.717, 1.165) is 0 Å². The van der Waals surface area contributed by atoms with E-state index < -0.39 is 12.2 Å². The van der Waals surface area contributed by atoms with Crippen molar-refractivity contribution in [2.45, 2.75) is 19.3 Å². The third-order valence-corrected chi connectivity index (χ3v) is 4.61. The Morgan fingerprint density at radius 1 is 0.938 bits per heavy atom. The van der Waals surface area contributed by atoms with Crippen molar-refractivity contribution in [3.05, 3.63) is 83.2 Å². The van der Waals surface area contributed by atoms with Crippen LogP contribution in [0.5, 0.6) is 11.5 Å². The lowest BCUT2D eigenvalue weighted by Gasteiger charge is -2.09. The van der Waals surface area contributed by atoms with Gasteiger partial charge in [-0.1, -0.05) is 24.3 Å². The third kappa shape index (κ3) is 4.90. The number of para-hydroxylation sites is 1. The summed E-state index contributed by atoms with van der Waals surface area (Å²) in [4.78, 5) is 12.7. The molecule has 0 fully saturated rings. The lowest BCUT2D eigenvalue weighted by Crippen LogP contribution is -2.22. The summed E-state index contributed by atoms with van der Waals surface area (Å²) < 4.78 is 62.4. The molecule has 0 atom stereocenters. The van der Waals surface area contributed by atoms with Crippen LogP contribution in [0.25, 0.3) is 16.8 Å². The zero-order valence-corrected chi connectivity index (χ0v) is 16.6. The summed E-state index contributed by atoms with van der Waals surface area (Å²) in [7, 11) is 0. The van der Waals surface area contributed by atoms with Gasteiger partial charge in [0.25, 0.3) is 0 Å². The Hall–Kier alpha value is -3.82. The molecular formula is C22H17F4N3O3. The Kier molecular flexibility index (Phi) is 5.85. The molecule has 0 unspecified atom stereocenters. The quantitative estimate of drug-likeness (QED) is 0.305. The van der Waals surface area contributed by atoms with E-state index in [-0.39, 0.29) is 30.3 Å². The van der Waals surface area contributed by atoms with E-state index in [1.54, 1.807) is 30.5 Å². The molecule has 0 N–H and O–H groups in total. The van der Waals surface area contributed by atoms with Gasteiger partial charge in [0.15, 0.2) is 17.2 Å². The van der Waals surface area contributed by atoms with Gasteiger partial charge in [-0.25, -0.2) is 18.3 Å². The number of aromatic nitrogens is 3. The van der Waals surface area contributed by atoms with Crippen LogP contribution < -0.4 is 15.2 Å². The van der Waals surface area contributed by atoms with Crippen LogP contribution in [0.3, 0.4) is 0 Å². The maximum atomic E-state index is 13.6. The Balaban J connectivity index is 1.45. The van der Waals surface area contributed by atoms with Gasteiger partial charge >= 0.3 is 12.1 Å². The van der Waals surface area contributed by atoms with E-state index in [4.69, 9.17) is 4.74 Å². The van der Waals surface area contributed by atoms with Gasteiger partial charge in [-0.3, -0.25) is 0 Å². The van der Waals surface area contributed by atoms with Gasteiger partial charge < -0.3 is 9.47 Å². The summed E-state index contributed by atoms with van der Waals surface area (Å²) in [5, 5.41) is 4.26. The molecule has 2 heterocycles. The number of ether oxygens (including phenoxy) is 2. The van der Waals surface area contributed by atoms with Crippen LogP contribution in [-0.4, -0.2) is 27.2 Å². The zero-order chi connectivity index (χ0) is 22.7. The molecule has 0 saturated heterocycles. The monoisotopic (exact) mass is 447 g/mol. The molecule has 0 aliphatic rings. The number of alkyl halides is 3. The number of rotatable bonds is 7. The first-order valence-electron chi connectivity index (χ1n) is 9.63. The summed E-state index contributed by atoms with van der Waals surface area (Å²) >= 11 is 0. The van der Waals surface area contributed by atoms with Gasteiger partial charge in [-0.2, -0.15) is 0 Å². The summed E-state index contributed by atoms with van der Waals surface area (Å²) in [6, 6.07) is 14.8. The van der Waals surface area contributed by atoms with E-state index in [1.807, 2.05) is 0 Å². The van der Waals surface area contributed by atoms with Gasteiger partial charge in [-0.15, -0.1) is 18.3 Å². The molecule has 2 aromatic heterocycles. The number of pyridine rings is 1. The van der Waals surface area contributed by atoms with Gasteiger partial charge in [0.2, 0.25) is 0 Å². The molecule has 0 aliphatic carbocycles. The van der Waals surface area contributed by atoms with Crippen molar-refractivity contribution >= 4 is 5.65 Å². The van der Waals surface area contributed by atoms with Crippen LogP contribution >= 0.6 is 0 Å². The highest BCUT2D eigenvalue weighted by Gasteiger charge is 2.30. The molecule has 4 rings (SSSR count). The second-order valence-corrected chi connectivity index (χ2v) is 6.86. The van der Waals surface area contributed by atoms with E-state index in [9.17, 15) is 22.4 Å². The average molecular weight is 447 g/mol. The molecule has 32 heavy (non-hydrogen) atoms. The molecule has 166 valence electrons. The van der Waals surface area contributed by atoms with Crippen LogP contribution in [-0.2, 0) is 6.54 Å². The SMILES string of the molecule is O=c1n(CCCOc2ccccc2F)nc2ccc(-c3ccc(OC(F)(F)F)cc3)cn12. The van der Waals surface area contributed by atoms with Gasteiger partial charge in [0.1, 0.15) is 5.75 Å². The number of halogens is 4. The molecule has 10 heteroatoms. The second-order valence-electron chi connectivity index (χ2n) is 6.86. The number of hydrogen-bond acceptors (Lipinski definition) is 4. The van der Waals surface area contributed by atoms with Gasteiger partial charge in [0.05, 0.1) is 6.61 Å². The van der Waals surface area contributed by atoms with Crippen LogP contribution in [0.2, 0.25) is 0 Å². The largest absolute Gasteiger partial charge is 0.573 e. The Morgan fingerprint density at radius 3 is 2.38 bits per heavy atom. The van der Waals surface area contributed by atoms with Crippen molar-refractivity contribution in [2.75, 3.05) is 6.61 Å². The van der Waals surface area contributed by atoms with Crippen LogP contribution in [0.1, 0.15) is 6.42 Å². The Morgan fingerprint density at radius 2 is 1.66 bits per heavy atom. The predicted molar refractivity (Wildman–Crippen MR) is 108 cm³/mol. The highest BCUT2D eigenvalue weighted by Crippen LogP contribution is 2.26. The second kappa shape index (κ2) is 8.74.